The zero-order valence-electron chi connectivity index (χ0n) is 13.0. The largest absolute Gasteiger partial charge is 0.325 e. The number of carbonyl (C=O) groups excluding carboxylic acids is 1. The van der Waals surface area contributed by atoms with Crippen molar-refractivity contribution < 1.29 is 4.79 Å². The highest BCUT2D eigenvalue weighted by molar-refractivity contribution is 7.10. The van der Waals surface area contributed by atoms with E-state index in [-0.39, 0.29) is 11.9 Å². The quantitative estimate of drug-likeness (QED) is 0.930. The predicted molar refractivity (Wildman–Crippen MR) is 92.2 cm³/mol. The lowest BCUT2D eigenvalue weighted by molar-refractivity contribution is -0.121. The monoisotopic (exact) mass is 325 g/mol. The summed E-state index contributed by atoms with van der Waals surface area (Å²) < 4.78 is 0. The van der Waals surface area contributed by atoms with Crippen LogP contribution in [0.15, 0.2) is 41.8 Å². The topological polar surface area (TPSA) is 56.1 Å². The Morgan fingerprint density at radius 3 is 3.04 bits per heavy atom. The molecule has 3 rings (SSSR count). The molecule has 1 saturated heterocycles. The van der Waals surface area contributed by atoms with Gasteiger partial charge in [0.15, 0.2) is 0 Å². The van der Waals surface area contributed by atoms with Gasteiger partial charge in [0.05, 0.1) is 17.7 Å². The number of carbonyl (C=O) groups is 1. The zero-order chi connectivity index (χ0) is 16.2. The van der Waals surface area contributed by atoms with Crippen molar-refractivity contribution in [1.82, 2.24) is 4.90 Å². The van der Waals surface area contributed by atoms with Crippen molar-refractivity contribution in [2.45, 2.75) is 31.8 Å². The Morgan fingerprint density at radius 1 is 1.43 bits per heavy atom. The Bertz CT molecular complexity index is 720. The number of nitriles is 1. The molecule has 2 aromatic rings. The van der Waals surface area contributed by atoms with Crippen molar-refractivity contribution >= 4 is 22.9 Å². The average molecular weight is 325 g/mol. The molecule has 1 N–H and O–H groups in total. The molecule has 2 heterocycles. The molecular weight excluding hydrogens is 306 g/mol. The first kappa shape index (κ1) is 15.7. The van der Waals surface area contributed by atoms with Gasteiger partial charge in [0.25, 0.3) is 0 Å². The van der Waals surface area contributed by atoms with Crippen molar-refractivity contribution in [3.63, 3.8) is 0 Å². The number of benzene rings is 1. The third-order valence-corrected chi connectivity index (χ3v) is 5.28. The van der Waals surface area contributed by atoms with Crippen LogP contribution in [0.4, 0.5) is 5.69 Å². The summed E-state index contributed by atoms with van der Waals surface area (Å²) in [7, 11) is 0. The van der Waals surface area contributed by atoms with E-state index in [4.69, 9.17) is 5.26 Å². The van der Waals surface area contributed by atoms with Crippen LogP contribution < -0.4 is 5.32 Å². The van der Waals surface area contributed by atoms with Crippen molar-refractivity contribution in [3.8, 4) is 6.07 Å². The van der Waals surface area contributed by atoms with Gasteiger partial charge < -0.3 is 5.32 Å². The smallest absolute Gasteiger partial charge is 0.241 e. The van der Waals surface area contributed by atoms with Gasteiger partial charge in [-0.05, 0) is 56.0 Å². The first-order valence-electron chi connectivity index (χ1n) is 7.79. The molecule has 1 aliphatic rings. The summed E-state index contributed by atoms with van der Waals surface area (Å²) in [6.07, 6.45) is 2.21. The molecule has 1 aliphatic heterocycles. The maximum atomic E-state index is 12.6. The number of rotatable bonds is 4. The SMILES string of the molecule is C[C@@H](C(=O)Nc1cccc(C#N)c1)N1CCC[C@H]1c1cccs1. The molecule has 2 atom stereocenters. The third-order valence-electron chi connectivity index (χ3n) is 4.30. The summed E-state index contributed by atoms with van der Waals surface area (Å²) in [6.45, 7) is 2.89. The number of anilines is 1. The number of hydrogen-bond donors (Lipinski definition) is 1. The molecule has 1 fully saturated rings. The molecule has 23 heavy (non-hydrogen) atoms. The molecule has 1 amide bonds. The highest BCUT2D eigenvalue weighted by Crippen LogP contribution is 2.36. The van der Waals surface area contributed by atoms with Gasteiger partial charge in [0.1, 0.15) is 0 Å². The highest BCUT2D eigenvalue weighted by Gasteiger charge is 2.33. The second-order valence-corrected chi connectivity index (χ2v) is 6.75. The Balaban J connectivity index is 1.70. The van der Waals surface area contributed by atoms with E-state index < -0.39 is 0 Å². The van der Waals surface area contributed by atoms with Crippen LogP contribution >= 0.6 is 11.3 Å². The third kappa shape index (κ3) is 3.44. The first-order valence-corrected chi connectivity index (χ1v) is 8.67. The van der Waals surface area contributed by atoms with Gasteiger partial charge in [-0.1, -0.05) is 12.1 Å². The van der Waals surface area contributed by atoms with Gasteiger partial charge in [0.2, 0.25) is 5.91 Å². The maximum Gasteiger partial charge on any atom is 0.241 e. The van der Waals surface area contributed by atoms with E-state index in [2.05, 4.69) is 33.8 Å². The predicted octanol–water partition coefficient (Wildman–Crippen LogP) is 3.78. The van der Waals surface area contributed by atoms with Crippen LogP contribution in [0.1, 0.15) is 36.2 Å². The van der Waals surface area contributed by atoms with E-state index in [0.717, 1.165) is 19.4 Å². The summed E-state index contributed by atoms with van der Waals surface area (Å²) in [4.78, 5) is 16.2. The van der Waals surface area contributed by atoms with E-state index in [1.54, 1.807) is 29.5 Å². The molecule has 5 heteroatoms. The zero-order valence-corrected chi connectivity index (χ0v) is 13.8. The minimum absolute atomic E-state index is 0.0245. The fourth-order valence-electron chi connectivity index (χ4n) is 3.10. The summed E-state index contributed by atoms with van der Waals surface area (Å²) in [6, 6.07) is 13.5. The fraction of sp³-hybridized carbons (Fsp3) is 0.333. The Hall–Kier alpha value is -2.16. The van der Waals surface area contributed by atoms with E-state index >= 15 is 0 Å². The molecule has 118 valence electrons. The lowest BCUT2D eigenvalue weighted by atomic mass is 10.1. The van der Waals surface area contributed by atoms with Crippen LogP contribution in [-0.2, 0) is 4.79 Å². The Morgan fingerprint density at radius 2 is 2.30 bits per heavy atom. The summed E-state index contributed by atoms with van der Waals surface area (Å²) in [5.74, 6) is -0.0245. The number of thiophene rings is 1. The average Bonchev–Trinajstić information content (AvgIpc) is 3.25. The fourth-order valence-corrected chi connectivity index (χ4v) is 3.98. The highest BCUT2D eigenvalue weighted by atomic mass is 32.1. The van der Waals surface area contributed by atoms with Gasteiger partial charge in [-0.2, -0.15) is 5.26 Å². The second-order valence-electron chi connectivity index (χ2n) is 5.77. The van der Waals surface area contributed by atoms with Gasteiger partial charge in [-0.3, -0.25) is 9.69 Å². The van der Waals surface area contributed by atoms with E-state index in [1.165, 1.54) is 4.88 Å². The number of likely N-dealkylation sites (tertiary alicyclic amines) is 1. The van der Waals surface area contributed by atoms with Crippen molar-refractivity contribution in [2.75, 3.05) is 11.9 Å². The van der Waals surface area contributed by atoms with Crippen molar-refractivity contribution in [3.05, 3.63) is 52.2 Å². The van der Waals surface area contributed by atoms with Crippen LogP contribution in [0.5, 0.6) is 0 Å². The number of nitrogens with zero attached hydrogens (tertiary/aromatic N) is 2. The van der Waals surface area contributed by atoms with E-state index in [9.17, 15) is 4.79 Å². The Kier molecular flexibility index (Phi) is 4.75. The van der Waals surface area contributed by atoms with Crippen LogP contribution in [0, 0.1) is 11.3 Å². The molecule has 0 aliphatic carbocycles. The number of hydrogen-bond acceptors (Lipinski definition) is 4. The van der Waals surface area contributed by atoms with Crippen molar-refractivity contribution in [2.24, 2.45) is 0 Å². The standard InChI is InChI=1S/C18H19N3OS/c1-13(18(22)20-15-6-2-5-14(11-15)12-19)21-9-3-7-16(21)17-8-4-10-23-17/h2,4-6,8,10-11,13,16H,3,7,9H2,1H3,(H,20,22)/t13-,16-/m0/s1. The number of amides is 1. The van der Waals surface area contributed by atoms with Crippen LogP contribution in [-0.4, -0.2) is 23.4 Å². The minimum atomic E-state index is -0.199. The van der Waals surface area contributed by atoms with E-state index in [1.807, 2.05) is 13.0 Å². The molecule has 4 nitrogen and oxygen atoms in total. The van der Waals surface area contributed by atoms with Gasteiger partial charge >= 0.3 is 0 Å². The molecule has 0 unspecified atom stereocenters. The lowest BCUT2D eigenvalue weighted by Gasteiger charge is -2.29. The normalized spacial score (nSPS) is 19.2. The molecule has 1 aromatic carbocycles. The lowest BCUT2D eigenvalue weighted by Crippen LogP contribution is -2.41. The minimum Gasteiger partial charge on any atom is -0.325 e. The van der Waals surface area contributed by atoms with Gasteiger partial charge in [-0.25, -0.2) is 0 Å². The van der Waals surface area contributed by atoms with E-state index in [0.29, 0.717) is 17.3 Å². The molecule has 1 aromatic heterocycles. The number of nitrogens with one attached hydrogen (secondary N) is 1. The summed E-state index contributed by atoms with van der Waals surface area (Å²) in [5, 5.41) is 14.0. The first-order chi connectivity index (χ1) is 11.2. The van der Waals surface area contributed by atoms with Gasteiger partial charge in [0, 0.05) is 16.6 Å². The summed E-state index contributed by atoms with van der Waals surface area (Å²) >= 11 is 1.75. The van der Waals surface area contributed by atoms with Crippen molar-refractivity contribution in [1.29, 1.82) is 5.26 Å². The molecular formula is C18H19N3OS. The Labute approximate surface area is 140 Å². The van der Waals surface area contributed by atoms with Crippen LogP contribution in [0.3, 0.4) is 0 Å². The van der Waals surface area contributed by atoms with Crippen LogP contribution in [0.2, 0.25) is 0 Å². The van der Waals surface area contributed by atoms with Crippen LogP contribution in [0.25, 0.3) is 0 Å². The summed E-state index contributed by atoms with van der Waals surface area (Å²) in [5.41, 5.74) is 1.22. The molecule has 0 spiro atoms. The molecule has 0 saturated carbocycles. The molecule has 0 radical (unpaired) electrons. The second kappa shape index (κ2) is 6.95. The maximum absolute atomic E-state index is 12.6. The van der Waals surface area contributed by atoms with Gasteiger partial charge in [-0.15, -0.1) is 11.3 Å². The molecule has 0 bridgehead atoms.